The summed E-state index contributed by atoms with van der Waals surface area (Å²) in [5, 5.41) is 0. The summed E-state index contributed by atoms with van der Waals surface area (Å²) in [6, 6.07) is 9.31. The highest BCUT2D eigenvalue weighted by molar-refractivity contribution is 5.78. The largest absolute Gasteiger partial charge is 0.497 e. The molecule has 0 N–H and O–H groups in total. The van der Waals surface area contributed by atoms with Crippen molar-refractivity contribution in [2.75, 3.05) is 44.8 Å². The lowest BCUT2D eigenvalue weighted by molar-refractivity contribution is -0.138. The van der Waals surface area contributed by atoms with Crippen LogP contribution < -0.4 is 14.4 Å². The minimum Gasteiger partial charge on any atom is -0.497 e. The first-order chi connectivity index (χ1) is 13.4. The molecule has 0 spiro atoms. The van der Waals surface area contributed by atoms with E-state index in [2.05, 4.69) is 4.98 Å². The van der Waals surface area contributed by atoms with Gasteiger partial charge in [-0.25, -0.2) is 4.98 Å². The normalized spacial score (nSPS) is 14.7. The van der Waals surface area contributed by atoms with Crippen LogP contribution in [0, 0.1) is 0 Å². The Morgan fingerprint density at radius 1 is 1.04 bits per heavy atom. The lowest BCUT2D eigenvalue weighted by atomic mass is 10.2. The van der Waals surface area contributed by atoms with E-state index in [1.165, 1.54) is 6.07 Å². The fourth-order valence-electron chi connectivity index (χ4n) is 2.83. The van der Waals surface area contributed by atoms with Crippen molar-refractivity contribution in [1.82, 2.24) is 9.88 Å². The first-order valence-electron chi connectivity index (χ1n) is 8.69. The number of ether oxygens (including phenoxy) is 2. The molecule has 0 saturated carbocycles. The summed E-state index contributed by atoms with van der Waals surface area (Å²) >= 11 is 0. The molecule has 6 nitrogen and oxygen atoms in total. The molecule has 0 aliphatic carbocycles. The van der Waals surface area contributed by atoms with Crippen LogP contribution >= 0.6 is 0 Å². The van der Waals surface area contributed by atoms with E-state index in [4.69, 9.17) is 9.47 Å². The van der Waals surface area contributed by atoms with Crippen LogP contribution in [0.5, 0.6) is 11.5 Å². The van der Waals surface area contributed by atoms with Crippen molar-refractivity contribution in [3.63, 3.8) is 0 Å². The quantitative estimate of drug-likeness (QED) is 0.779. The Hall–Kier alpha value is -2.97. The molecule has 28 heavy (non-hydrogen) atoms. The van der Waals surface area contributed by atoms with E-state index in [1.54, 1.807) is 36.3 Å². The van der Waals surface area contributed by atoms with E-state index in [1.807, 2.05) is 4.90 Å². The molecular formula is C19H20F3N3O3. The predicted octanol–water partition coefficient (Wildman–Crippen LogP) is 2.84. The van der Waals surface area contributed by atoms with Gasteiger partial charge in [-0.05, 0) is 36.4 Å². The highest BCUT2D eigenvalue weighted by atomic mass is 19.4. The second-order valence-corrected chi connectivity index (χ2v) is 6.23. The summed E-state index contributed by atoms with van der Waals surface area (Å²) < 4.78 is 48.4. The number of piperazine rings is 1. The number of pyridine rings is 1. The van der Waals surface area contributed by atoms with Gasteiger partial charge in [0.15, 0.2) is 6.61 Å². The van der Waals surface area contributed by atoms with Crippen molar-refractivity contribution in [3.8, 4) is 11.5 Å². The van der Waals surface area contributed by atoms with Gasteiger partial charge in [0.25, 0.3) is 5.91 Å². The smallest absolute Gasteiger partial charge is 0.417 e. The topological polar surface area (TPSA) is 54.9 Å². The van der Waals surface area contributed by atoms with Crippen molar-refractivity contribution < 1.29 is 27.4 Å². The van der Waals surface area contributed by atoms with Crippen LogP contribution in [-0.4, -0.2) is 55.7 Å². The molecule has 1 aromatic carbocycles. The number of hydrogen-bond donors (Lipinski definition) is 0. The molecule has 9 heteroatoms. The van der Waals surface area contributed by atoms with Crippen LogP contribution in [-0.2, 0) is 11.0 Å². The number of carbonyl (C=O) groups excluding carboxylic acids is 1. The van der Waals surface area contributed by atoms with E-state index < -0.39 is 11.7 Å². The monoisotopic (exact) mass is 395 g/mol. The minimum atomic E-state index is -4.40. The number of amides is 1. The zero-order valence-corrected chi connectivity index (χ0v) is 15.3. The molecule has 2 aromatic rings. The maximum absolute atomic E-state index is 12.6. The molecule has 0 atom stereocenters. The Morgan fingerprint density at radius 3 is 2.21 bits per heavy atom. The fraction of sp³-hybridized carbons (Fsp3) is 0.368. The van der Waals surface area contributed by atoms with Gasteiger partial charge in [-0.15, -0.1) is 0 Å². The van der Waals surface area contributed by atoms with Gasteiger partial charge in [-0.1, -0.05) is 0 Å². The zero-order chi connectivity index (χ0) is 20.1. The van der Waals surface area contributed by atoms with Crippen LogP contribution in [0.2, 0.25) is 0 Å². The maximum Gasteiger partial charge on any atom is 0.417 e. The summed E-state index contributed by atoms with van der Waals surface area (Å²) in [6.07, 6.45) is -3.57. The number of carbonyl (C=O) groups is 1. The number of nitrogens with zero attached hydrogens (tertiary/aromatic N) is 3. The minimum absolute atomic E-state index is 0.0785. The summed E-state index contributed by atoms with van der Waals surface area (Å²) in [6.45, 7) is 1.81. The summed E-state index contributed by atoms with van der Waals surface area (Å²) in [7, 11) is 1.57. The van der Waals surface area contributed by atoms with Crippen LogP contribution in [0.25, 0.3) is 0 Å². The molecule has 0 radical (unpaired) electrons. The van der Waals surface area contributed by atoms with Gasteiger partial charge in [-0.3, -0.25) is 4.79 Å². The van der Waals surface area contributed by atoms with Gasteiger partial charge in [0.2, 0.25) is 0 Å². The predicted molar refractivity (Wildman–Crippen MR) is 96.5 cm³/mol. The van der Waals surface area contributed by atoms with Gasteiger partial charge in [0, 0.05) is 32.4 Å². The highest BCUT2D eigenvalue weighted by Gasteiger charge is 2.31. The lowest BCUT2D eigenvalue weighted by Gasteiger charge is -2.35. The Balaban J connectivity index is 1.48. The molecule has 1 aliphatic rings. The molecule has 1 aliphatic heterocycles. The molecule has 1 saturated heterocycles. The fourth-order valence-corrected chi connectivity index (χ4v) is 2.83. The molecule has 0 bridgehead atoms. The second-order valence-electron chi connectivity index (χ2n) is 6.23. The number of anilines is 1. The Morgan fingerprint density at radius 2 is 1.68 bits per heavy atom. The Bertz CT molecular complexity index is 787. The van der Waals surface area contributed by atoms with Crippen LogP contribution in [0.1, 0.15) is 5.56 Å². The van der Waals surface area contributed by atoms with Gasteiger partial charge in [-0.2, -0.15) is 13.2 Å². The average molecular weight is 395 g/mol. The molecule has 1 fully saturated rings. The number of methoxy groups -OCH3 is 1. The third-order valence-electron chi connectivity index (χ3n) is 4.45. The maximum atomic E-state index is 12.6. The number of aromatic nitrogens is 1. The molecule has 150 valence electrons. The van der Waals surface area contributed by atoms with Gasteiger partial charge in [0.1, 0.15) is 17.3 Å². The van der Waals surface area contributed by atoms with Gasteiger partial charge in [0.05, 0.1) is 12.7 Å². The number of alkyl halides is 3. The Labute approximate surface area is 160 Å². The number of rotatable bonds is 5. The third kappa shape index (κ3) is 4.85. The van der Waals surface area contributed by atoms with E-state index in [0.717, 1.165) is 12.3 Å². The molecule has 1 aromatic heterocycles. The van der Waals surface area contributed by atoms with Crippen molar-refractivity contribution in [2.45, 2.75) is 6.18 Å². The Kier molecular flexibility index (Phi) is 5.91. The summed E-state index contributed by atoms with van der Waals surface area (Å²) in [5.41, 5.74) is -0.777. The highest BCUT2D eigenvalue weighted by Crippen LogP contribution is 2.29. The van der Waals surface area contributed by atoms with Crippen molar-refractivity contribution in [2.24, 2.45) is 0 Å². The molecule has 2 heterocycles. The molecule has 3 rings (SSSR count). The van der Waals surface area contributed by atoms with E-state index in [-0.39, 0.29) is 12.5 Å². The number of hydrogen-bond acceptors (Lipinski definition) is 5. The average Bonchev–Trinajstić information content (AvgIpc) is 2.72. The molecular weight excluding hydrogens is 375 g/mol. The van der Waals surface area contributed by atoms with Gasteiger partial charge >= 0.3 is 6.18 Å². The van der Waals surface area contributed by atoms with E-state index >= 15 is 0 Å². The first kappa shape index (κ1) is 19.8. The standard InChI is InChI=1S/C19H20F3N3O3/c1-27-15-3-5-16(6-4-15)28-13-18(26)25-10-8-24(9-11-25)17-7-2-14(12-23-17)19(20,21)22/h2-7,12H,8-11,13H2,1H3. The van der Waals surface area contributed by atoms with E-state index in [0.29, 0.717) is 43.5 Å². The van der Waals surface area contributed by atoms with Crippen molar-refractivity contribution in [3.05, 3.63) is 48.2 Å². The van der Waals surface area contributed by atoms with Crippen LogP contribution in [0.4, 0.5) is 19.0 Å². The summed E-state index contributed by atoms with van der Waals surface area (Å²) in [4.78, 5) is 19.7. The van der Waals surface area contributed by atoms with Crippen LogP contribution in [0.15, 0.2) is 42.6 Å². The lowest BCUT2D eigenvalue weighted by Crippen LogP contribution is -2.50. The van der Waals surface area contributed by atoms with E-state index in [9.17, 15) is 18.0 Å². The number of halogens is 3. The first-order valence-corrected chi connectivity index (χ1v) is 8.69. The molecule has 0 unspecified atom stereocenters. The third-order valence-corrected chi connectivity index (χ3v) is 4.45. The van der Waals surface area contributed by atoms with Gasteiger partial charge < -0.3 is 19.3 Å². The van der Waals surface area contributed by atoms with Crippen molar-refractivity contribution in [1.29, 1.82) is 0 Å². The SMILES string of the molecule is COc1ccc(OCC(=O)N2CCN(c3ccc(C(F)(F)F)cn3)CC2)cc1. The second kappa shape index (κ2) is 8.37. The van der Waals surface area contributed by atoms with Crippen LogP contribution in [0.3, 0.4) is 0 Å². The zero-order valence-electron chi connectivity index (χ0n) is 15.3. The number of benzene rings is 1. The van der Waals surface area contributed by atoms with Crippen molar-refractivity contribution >= 4 is 11.7 Å². The summed E-state index contributed by atoms with van der Waals surface area (Å²) in [5.74, 6) is 1.60. The molecule has 1 amide bonds.